The van der Waals surface area contributed by atoms with Gasteiger partial charge in [0.2, 0.25) is 22.7 Å². The molecule has 0 unspecified atom stereocenters. The molecule has 10 nitrogen and oxygen atoms in total. The van der Waals surface area contributed by atoms with Crippen LogP contribution in [0.2, 0.25) is 0 Å². The van der Waals surface area contributed by atoms with Gasteiger partial charge in [0.25, 0.3) is 11.8 Å². The van der Waals surface area contributed by atoms with Crippen LogP contribution >= 0.6 is 11.3 Å². The second-order valence-electron chi connectivity index (χ2n) is 7.42. The highest BCUT2D eigenvalue weighted by Crippen LogP contribution is 2.41. The zero-order valence-electron chi connectivity index (χ0n) is 17.6. The molecule has 0 saturated heterocycles. The van der Waals surface area contributed by atoms with E-state index in [0.29, 0.717) is 17.1 Å². The number of imide groups is 1. The minimum atomic E-state index is -3.80. The monoisotopic (exact) mass is 479 g/mol. The number of ether oxygens (including phenoxy) is 2. The summed E-state index contributed by atoms with van der Waals surface area (Å²) in [5, 5.41) is 4.41. The first-order valence-electron chi connectivity index (χ1n) is 9.73. The number of hydrogen-bond donors (Lipinski definition) is 1. The number of carbonyl (C=O) groups excluding carboxylic acids is 3. The van der Waals surface area contributed by atoms with Gasteiger partial charge < -0.3 is 14.8 Å². The standard InChI is InChI=1S/C20H21N3O7S2/c1-4-16(24)21-18-17-12(8-31-18)19(25)23(20(17)26)13(9-32(27,28)22(2)3)11-5-6-14-15(7-11)30-10-29-14/h5-8,13H,4,9-10H2,1-3H3,(H,21,24)/t13-/m1/s1. The van der Waals surface area contributed by atoms with Crippen molar-refractivity contribution >= 4 is 44.1 Å². The van der Waals surface area contributed by atoms with Crippen LogP contribution < -0.4 is 14.8 Å². The summed E-state index contributed by atoms with van der Waals surface area (Å²) in [4.78, 5) is 39.4. The summed E-state index contributed by atoms with van der Waals surface area (Å²) in [6, 6.07) is 3.68. The predicted octanol–water partition coefficient (Wildman–Crippen LogP) is 2.05. The van der Waals surface area contributed by atoms with E-state index in [-0.39, 0.29) is 35.2 Å². The van der Waals surface area contributed by atoms with E-state index in [0.717, 1.165) is 20.5 Å². The zero-order valence-corrected chi connectivity index (χ0v) is 19.2. The van der Waals surface area contributed by atoms with Gasteiger partial charge in [0.15, 0.2) is 11.5 Å². The summed E-state index contributed by atoms with van der Waals surface area (Å²) in [5.74, 6) is -1.19. The third kappa shape index (κ3) is 3.74. The van der Waals surface area contributed by atoms with E-state index in [4.69, 9.17) is 9.47 Å². The lowest BCUT2D eigenvalue weighted by molar-refractivity contribution is -0.115. The van der Waals surface area contributed by atoms with Crippen LogP contribution in [0.5, 0.6) is 11.5 Å². The van der Waals surface area contributed by atoms with Crippen molar-refractivity contribution in [2.24, 2.45) is 0 Å². The molecular weight excluding hydrogens is 458 g/mol. The van der Waals surface area contributed by atoms with E-state index in [2.05, 4.69) is 5.32 Å². The average Bonchev–Trinajstić information content (AvgIpc) is 3.43. The molecule has 1 aromatic carbocycles. The maximum Gasteiger partial charge on any atom is 0.265 e. The number of thiophene rings is 1. The van der Waals surface area contributed by atoms with Gasteiger partial charge in [-0.15, -0.1) is 11.3 Å². The Hall–Kier alpha value is -2.96. The predicted molar refractivity (Wildman–Crippen MR) is 117 cm³/mol. The van der Waals surface area contributed by atoms with E-state index >= 15 is 0 Å². The quantitative estimate of drug-likeness (QED) is 0.603. The third-order valence-corrected chi connectivity index (χ3v) is 8.01. The Labute approximate surface area is 188 Å². The molecule has 1 aromatic heterocycles. The molecule has 1 atom stereocenters. The average molecular weight is 480 g/mol. The van der Waals surface area contributed by atoms with E-state index in [1.807, 2.05) is 0 Å². The number of rotatable bonds is 7. The summed E-state index contributed by atoms with van der Waals surface area (Å²) in [5.41, 5.74) is 0.628. The number of sulfonamides is 1. The molecule has 0 spiro atoms. The Morgan fingerprint density at radius 1 is 1.22 bits per heavy atom. The van der Waals surface area contributed by atoms with Gasteiger partial charge in [0, 0.05) is 25.9 Å². The molecule has 1 N–H and O–H groups in total. The molecule has 0 fully saturated rings. The molecule has 0 radical (unpaired) electrons. The Kier molecular flexibility index (Phi) is 5.69. The van der Waals surface area contributed by atoms with Gasteiger partial charge in [-0.3, -0.25) is 19.3 Å². The van der Waals surface area contributed by atoms with E-state index in [9.17, 15) is 22.8 Å². The Morgan fingerprint density at radius 3 is 2.62 bits per heavy atom. The Bertz CT molecular complexity index is 1220. The molecule has 2 aliphatic heterocycles. The van der Waals surface area contributed by atoms with Crippen molar-refractivity contribution in [3.63, 3.8) is 0 Å². The number of nitrogens with one attached hydrogen (secondary N) is 1. The van der Waals surface area contributed by atoms with Crippen LogP contribution in [0.1, 0.15) is 45.7 Å². The zero-order chi connectivity index (χ0) is 23.2. The minimum Gasteiger partial charge on any atom is -0.454 e. The molecule has 0 aliphatic carbocycles. The first-order valence-corrected chi connectivity index (χ1v) is 12.2. The van der Waals surface area contributed by atoms with Crippen LogP contribution in [0.4, 0.5) is 5.00 Å². The number of anilines is 1. The highest BCUT2D eigenvalue weighted by molar-refractivity contribution is 7.89. The van der Waals surface area contributed by atoms with Crippen molar-refractivity contribution in [3.8, 4) is 11.5 Å². The van der Waals surface area contributed by atoms with E-state index in [1.165, 1.54) is 19.5 Å². The Morgan fingerprint density at radius 2 is 1.94 bits per heavy atom. The maximum absolute atomic E-state index is 13.4. The lowest BCUT2D eigenvalue weighted by Gasteiger charge is -2.28. The van der Waals surface area contributed by atoms with Crippen LogP contribution in [-0.2, 0) is 14.8 Å². The number of carbonyl (C=O) groups is 3. The van der Waals surface area contributed by atoms with Crippen molar-refractivity contribution < 1.29 is 32.3 Å². The van der Waals surface area contributed by atoms with Gasteiger partial charge in [0.1, 0.15) is 5.00 Å². The van der Waals surface area contributed by atoms with E-state index < -0.39 is 33.6 Å². The van der Waals surface area contributed by atoms with Gasteiger partial charge in [0.05, 0.1) is 22.9 Å². The van der Waals surface area contributed by atoms with Crippen molar-refractivity contribution in [2.75, 3.05) is 32.0 Å². The van der Waals surface area contributed by atoms with Gasteiger partial charge in [-0.2, -0.15) is 0 Å². The largest absolute Gasteiger partial charge is 0.454 e. The molecule has 3 amide bonds. The normalized spacial score (nSPS) is 15.9. The van der Waals surface area contributed by atoms with Crippen molar-refractivity contribution in [2.45, 2.75) is 19.4 Å². The molecule has 4 rings (SSSR count). The van der Waals surface area contributed by atoms with Crippen LogP contribution in [0.25, 0.3) is 0 Å². The van der Waals surface area contributed by atoms with Crippen molar-refractivity contribution in [1.82, 2.24) is 9.21 Å². The topological polar surface area (TPSA) is 122 Å². The first-order chi connectivity index (χ1) is 15.1. The molecule has 3 heterocycles. The minimum absolute atomic E-state index is 0.0263. The summed E-state index contributed by atoms with van der Waals surface area (Å²) < 4.78 is 37.2. The summed E-state index contributed by atoms with van der Waals surface area (Å²) in [6.07, 6.45) is 0.208. The fourth-order valence-electron chi connectivity index (χ4n) is 3.45. The van der Waals surface area contributed by atoms with Crippen molar-refractivity contribution in [3.05, 3.63) is 40.3 Å². The number of fused-ring (bicyclic) bond motifs is 2. The lowest BCUT2D eigenvalue weighted by Crippen LogP contribution is -2.40. The summed E-state index contributed by atoms with van der Waals surface area (Å²) in [7, 11) is -1.03. The van der Waals surface area contributed by atoms with Crippen LogP contribution in [0.15, 0.2) is 23.6 Å². The second kappa shape index (κ2) is 8.19. The summed E-state index contributed by atoms with van der Waals surface area (Å²) in [6.45, 7) is 1.70. The van der Waals surface area contributed by atoms with E-state index in [1.54, 1.807) is 25.1 Å². The number of hydrogen-bond acceptors (Lipinski definition) is 8. The molecule has 2 aliphatic rings. The van der Waals surface area contributed by atoms with Gasteiger partial charge in [-0.25, -0.2) is 12.7 Å². The van der Waals surface area contributed by atoms with Gasteiger partial charge in [-0.05, 0) is 17.7 Å². The third-order valence-electron chi connectivity index (χ3n) is 5.26. The second-order valence-corrected chi connectivity index (χ2v) is 10.5. The van der Waals surface area contributed by atoms with Crippen LogP contribution in [0, 0.1) is 0 Å². The Balaban J connectivity index is 1.76. The molecule has 32 heavy (non-hydrogen) atoms. The highest BCUT2D eigenvalue weighted by atomic mass is 32.2. The van der Waals surface area contributed by atoms with Gasteiger partial charge >= 0.3 is 0 Å². The SMILES string of the molecule is CCC(=O)Nc1scc2c1C(=O)N([C@H](CS(=O)(=O)N(C)C)c1ccc3c(c1)OCO3)C2=O. The first kappa shape index (κ1) is 22.2. The van der Waals surface area contributed by atoms with Crippen LogP contribution in [-0.4, -0.2) is 62.0 Å². The highest BCUT2D eigenvalue weighted by Gasteiger charge is 2.45. The maximum atomic E-state index is 13.4. The molecular formula is C20H21N3O7S2. The fourth-order valence-corrected chi connectivity index (χ4v) is 5.43. The molecule has 170 valence electrons. The van der Waals surface area contributed by atoms with Gasteiger partial charge in [-0.1, -0.05) is 13.0 Å². The molecule has 0 bridgehead atoms. The molecule has 12 heteroatoms. The van der Waals surface area contributed by atoms with Crippen LogP contribution in [0.3, 0.4) is 0 Å². The number of benzene rings is 1. The number of nitrogens with zero attached hydrogens (tertiary/aromatic N) is 2. The van der Waals surface area contributed by atoms with Crippen molar-refractivity contribution in [1.29, 1.82) is 0 Å². The smallest absolute Gasteiger partial charge is 0.265 e. The molecule has 0 saturated carbocycles. The summed E-state index contributed by atoms with van der Waals surface area (Å²) >= 11 is 1.08. The lowest BCUT2D eigenvalue weighted by atomic mass is 10.1. The fraction of sp³-hybridized carbons (Fsp3) is 0.350. The number of amides is 3. The molecule has 2 aromatic rings.